The average molecular weight is 406 g/mol. The third kappa shape index (κ3) is 2.91. The number of ether oxygens (including phenoxy) is 1. The minimum absolute atomic E-state index is 0.0897. The maximum Gasteiger partial charge on any atom is 0.198 e. The Morgan fingerprint density at radius 1 is 1.05 bits per heavy atom. The van der Waals surface area contributed by atoms with Crippen LogP contribution in [0.4, 0.5) is 8.78 Å². The van der Waals surface area contributed by atoms with E-state index in [-0.39, 0.29) is 21.3 Å². The van der Waals surface area contributed by atoms with Gasteiger partial charge in [-0.3, -0.25) is 4.79 Å². The fraction of sp³-hybridized carbons (Fsp3) is 0.0714. The van der Waals surface area contributed by atoms with Crippen molar-refractivity contribution in [3.63, 3.8) is 0 Å². The molecule has 2 rings (SSSR count). The normalized spacial score (nSPS) is 10.4. The third-order valence-electron chi connectivity index (χ3n) is 2.66. The van der Waals surface area contributed by atoms with Crippen LogP contribution >= 0.6 is 31.9 Å². The predicted molar refractivity (Wildman–Crippen MR) is 78.2 cm³/mol. The standard InChI is InChI=1S/C14H8Br2F2O2/c1-20-13-6-12(18)11(16)5-9(13)14(19)8-4-7(17)2-3-10(8)15/h2-6H,1H3. The van der Waals surface area contributed by atoms with Crippen LogP contribution in [0.1, 0.15) is 15.9 Å². The van der Waals surface area contributed by atoms with Crippen LogP contribution in [0.15, 0.2) is 39.3 Å². The Bertz CT molecular complexity index is 687. The van der Waals surface area contributed by atoms with Gasteiger partial charge in [-0.15, -0.1) is 0 Å². The minimum atomic E-state index is -0.545. The number of halogens is 4. The fourth-order valence-electron chi connectivity index (χ4n) is 1.69. The molecule has 0 aliphatic carbocycles. The van der Waals surface area contributed by atoms with Gasteiger partial charge in [0.25, 0.3) is 0 Å². The lowest BCUT2D eigenvalue weighted by molar-refractivity contribution is 0.103. The van der Waals surface area contributed by atoms with E-state index in [1.807, 2.05) is 0 Å². The molecule has 0 fully saturated rings. The molecule has 0 heterocycles. The van der Waals surface area contributed by atoms with Crippen molar-refractivity contribution in [1.82, 2.24) is 0 Å². The Hall–Kier alpha value is -1.27. The molecule has 2 aromatic carbocycles. The van der Waals surface area contributed by atoms with Gasteiger partial charge in [0.15, 0.2) is 5.78 Å². The number of hydrogen-bond acceptors (Lipinski definition) is 2. The van der Waals surface area contributed by atoms with Crippen molar-refractivity contribution < 1.29 is 18.3 Å². The lowest BCUT2D eigenvalue weighted by atomic mass is 10.0. The van der Waals surface area contributed by atoms with Crippen LogP contribution in [0.2, 0.25) is 0 Å². The molecular weight excluding hydrogens is 398 g/mol. The Labute approximate surface area is 131 Å². The Balaban J connectivity index is 2.58. The van der Waals surface area contributed by atoms with Crippen molar-refractivity contribution in [3.05, 3.63) is 62.0 Å². The van der Waals surface area contributed by atoms with Gasteiger partial charge in [0.1, 0.15) is 17.4 Å². The molecule has 2 nitrogen and oxygen atoms in total. The van der Waals surface area contributed by atoms with E-state index < -0.39 is 17.4 Å². The predicted octanol–water partition coefficient (Wildman–Crippen LogP) is 4.73. The lowest BCUT2D eigenvalue weighted by Gasteiger charge is -2.10. The molecule has 0 N–H and O–H groups in total. The summed E-state index contributed by atoms with van der Waals surface area (Å²) in [5.41, 5.74) is 0.286. The molecule has 6 heteroatoms. The van der Waals surface area contributed by atoms with Crippen LogP contribution in [0, 0.1) is 11.6 Å². The number of carbonyl (C=O) groups excluding carboxylic acids is 1. The van der Waals surface area contributed by atoms with Gasteiger partial charge >= 0.3 is 0 Å². The first-order chi connectivity index (χ1) is 9.43. The fourth-order valence-corrected chi connectivity index (χ4v) is 2.46. The molecule has 0 bridgehead atoms. The van der Waals surface area contributed by atoms with Gasteiger partial charge in [0.2, 0.25) is 0 Å². The summed E-state index contributed by atoms with van der Waals surface area (Å²) in [4.78, 5) is 12.4. The van der Waals surface area contributed by atoms with Gasteiger partial charge in [-0.2, -0.15) is 0 Å². The van der Waals surface area contributed by atoms with Gasteiger partial charge in [0, 0.05) is 16.1 Å². The van der Waals surface area contributed by atoms with Crippen LogP contribution in [-0.4, -0.2) is 12.9 Å². The largest absolute Gasteiger partial charge is 0.496 e. The number of carbonyl (C=O) groups is 1. The zero-order chi connectivity index (χ0) is 14.9. The van der Waals surface area contributed by atoms with Crippen molar-refractivity contribution in [2.75, 3.05) is 7.11 Å². The highest BCUT2D eigenvalue weighted by atomic mass is 79.9. The van der Waals surface area contributed by atoms with Crippen LogP contribution < -0.4 is 4.74 Å². The molecule has 0 spiro atoms. The molecule has 0 amide bonds. The first-order valence-corrected chi connectivity index (χ1v) is 7.05. The van der Waals surface area contributed by atoms with Crippen molar-refractivity contribution in [3.8, 4) is 5.75 Å². The molecule has 20 heavy (non-hydrogen) atoms. The van der Waals surface area contributed by atoms with Crippen molar-refractivity contribution >= 4 is 37.6 Å². The number of rotatable bonds is 3. The first kappa shape index (κ1) is 15.1. The van der Waals surface area contributed by atoms with Gasteiger partial charge < -0.3 is 4.74 Å². The summed E-state index contributed by atoms with van der Waals surface area (Å²) in [5, 5.41) is 0. The average Bonchev–Trinajstić information content (AvgIpc) is 2.43. The Morgan fingerprint density at radius 3 is 2.40 bits per heavy atom. The number of hydrogen-bond donors (Lipinski definition) is 0. The molecule has 0 unspecified atom stereocenters. The molecular formula is C14H8Br2F2O2. The monoisotopic (exact) mass is 404 g/mol. The van der Waals surface area contributed by atoms with Crippen LogP contribution in [0.3, 0.4) is 0 Å². The highest BCUT2D eigenvalue weighted by Gasteiger charge is 2.20. The topological polar surface area (TPSA) is 26.3 Å². The van der Waals surface area contributed by atoms with E-state index >= 15 is 0 Å². The zero-order valence-corrected chi connectivity index (χ0v) is 13.4. The van der Waals surface area contributed by atoms with Crippen molar-refractivity contribution in [2.45, 2.75) is 0 Å². The van der Waals surface area contributed by atoms with E-state index in [1.165, 1.54) is 25.3 Å². The Morgan fingerprint density at radius 2 is 1.75 bits per heavy atom. The molecule has 0 atom stereocenters. The maximum atomic E-state index is 13.4. The highest BCUT2D eigenvalue weighted by molar-refractivity contribution is 9.10. The van der Waals surface area contributed by atoms with Crippen LogP contribution in [0.25, 0.3) is 0 Å². The van der Waals surface area contributed by atoms with Crippen molar-refractivity contribution in [2.24, 2.45) is 0 Å². The van der Waals surface area contributed by atoms with Crippen LogP contribution in [0.5, 0.6) is 5.75 Å². The summed E-state index contributed by atoms with van der Waals surface area (Å²) in [6, 6.07) is 6.20. The second kappa shape index (κ2) is 6.01. The molecule has 0 aliphatic rings. The SMILES string of the molecule is COc1cc(F)c(Br)cc1C(=O)c1cc(F)ccc1Br. The van der Waals surface area contributed by atoms with E-state index in [2.05, 4.69) is 31.9 Å². The number of ketones is 1. The van der Waals surface area contributed by atoms with E-state index in [0.29, 0.717) is 4.47 Å². The minimum Gasteiger partial charge on any atom is -0.496 e. The van der Waals surface area contributed by atoms with Gasteiger partial charge in [0.05, 0.1) is 17.1 Å². The summed E-state index contributed by atoms with van der Waals surface area (Å²) in [5.74, 6) is -1.45. The van der Waals surface area contributed by atoms with Gasteiger partial charge in [-0.1, -0.05) is 15.9 Å². The summed E-state index contributed by atoms with van der Waals surface area (Å²) in [6.07, 6.45) is 0. The maximum absolute atomic E-state index is 13.4. The molecule has 2 aromatic rings. The van der Waals surface area contributed by atoms with E-state index in [1.54, 1.807) is 0 Å². The van der Waals surface area contributed by atoms with E-state index in [9.17, 15) is 13.6 Å². The van der Waals surface area contributed by atoms with Crippen LogP contribution in [-0.2, 0) is 0 Å². The summed E-state index contributed by atoms with van der Waals surface area (Å²) in [7, 11) is 1.33. The molecule has 0 saturated heterocycles. The molecule has 0 saturated carbocycles. The molecule has 0 radical (unpaired) electrons. The lowest BCUT2D eigenvalue weighted by Crippen LogP contribution is -2.06. The van der Waals surface area contributed by atoms with E-state index in [0.717, 1.165) is 12.1 Å². The summed E-state index contributed by atoms with van der Waals surface area (Å²) in [6.45, 7) is 0. The van der Waals surface area contributed by atoms with Crippen molar-refractivity contribution in [1.29, 1.82) is 0 Å². The first-order valence-electron chi connectivity index (χ1n) is 5.47. The number of benzene rings is 2. The van der Waals surface area contributed by atoms with Gasteiger partial charge in [-0.05, 0) is 40.2 Å². The quantitative estimate of drug-likeness (QED) is 0.690. The number of methoxy groups -OCH3 is 1. The van der Waals surface area contributed by atoms with E-state index in [4.69, 9.17) is 4.74 Å². The summed E-state index contributed by atoms with van der Waals surface area (Å²) >= 11 is 6.21. The third-order valence-corrected chi connectivity index (χ3v) is 3.96. The Kier molecular flexibility index (Phi) is 4.55. The smallest absolute Gasteiger partial charge is 0.198 e. The zero-order valence-electron chi connectivity index (χ0n) is 10.2. The molecule has 0 aromatic heterocycles. The van der Waals surface area contributed by atoms with Gasteiger partial charge in [-0.25, -0.2) is 8.78 Å². The summed E-state index contributed by atoms with van der Waals surface area (Å²) < 4.78 is 32.3. The second-order valence-corrected chi connectivity index (χ2v) is 5.63. The molecule has 104 valence electrons. The second-order valence-electron chi connectivity index (χ2n) is 3.92. The molecule has 0 aliphatic heterocycles. The highest BCUT2D eigenvalue weighted by Crippen LogP contribution is 2.30.